The van der Waals surface area contributed by atoms with Crippen LogP contribution < -0.4 is 0 Å². The number of allylic oxidation sites excluding steroid dienone is 6. The number of hydrogen-bond donors (Lipinski definition) is 0. The highest BCUT2D eigenvalue weighted by atomic mass is 16.7. The van der Waals surface area contributed by atoms with E-state index in [4.69, 9.17) is 19.1 Å². The average Bonchev–Trinajstić information content (AvgIpc) is 3.29. The van der Waals surface area contributed by atoms with Crippen molar-refractivity contribution in [2.24, 2.45) is 0 Å². The highest BCUT2D eigenvalue weighted by Gasteiger charge is 2.48. The summed E-state index contributed by atoms with van der Waals surface area (Å²) in [6.07, 6.45) is 14.3. The summed E-state index contributed by atoms with van der Waals surface area (Å²) in [4.78, 5) is 38.9. The SMILES string of the molecule is CON1C(C)(C)CC(OC(=O)c2ccc(-c3ccc(C4C=CC=CC=C4)cc3C(=O)OC3CC(C)(C)N(OC)C(C)(C)C3)cc2)CC1(C)C. The van der Waals surface area contributed by atoms with Crippen LogP contribution in [0.4, 0.5) is 0 Å². The van der Waals surface area contributed by atoms with Gasteiger partial charge in [-0.25, -0.2) is 9.59 Å². The van der Waals surface area contributed by atoms with Crippen molar-refractivity contribution in [3.05, 3.63) is 95.6 Å². The third-order valence-corrected chi connectivity index (χ3v) is 10.1. The van der Waals surface area contributed by atoms with E-state index >= 15 is 0 Å². The van der Waals surface area contributed by atoms with Crippen molar-refractivity contribution in [3.63, 3.8) is 0 Å². The smallest absolute Gasteiger partial charge is 0.339 e. The molecule has 2 aromatic carbocycles. The molecule has 0 aromatic heterocycles. The van der Waals surface area contributed by atoms with Crippen molar-refractivity contribution in [1.29, 1.82) is 0 Å². The molecule has 5 rings (SSSR count). The van der Waals surface area contributed by atoms with Crippen LogP contribution in [0.2, 0.25) is 0 Å². The minimum Gasteiger partial charge on any atom is -0.459 e. The van der Waals surface area contributed by atoms with Crippen molar-refractivity contribution in [1.82, 2.24) is 10.1 Å². The van der Waals surface area contributed by atoms with Gasteiger partial charge in [0.25, 0.3) is 0 Å². The zero-order valence-corrected chi connectivity index (χ0v) is 30.9. The van der Waals surface area contributed by atoms with Gasteiger partial charge in [-0.15, -0.1) is 0 Å². The first-order chi connectivity index (χ1) is 23.0. The zero-order chi connectivity index (χ0) is 35.8. The Morgan fingerprint density at radius 2 is 1.06 bits per heavy atom. The third kappa shape index (κ3) is 7.93. The molecule has 2 aromatic rings. The van der Waals surface area contributed by atoms with Gasteiger partial charge in [0.05, 0.1) is 25.3 Å². The van der Waals surface area contributed by atoms with Gasteiger partial charge in [0.2, 0.25) is 0 Å². The first-order valence-corrected chi connectivity index (χ1v) is 17.3. The largest absolute Gasteiger partial charge is 0.459 e. The highest BCUT2D eigenvalue weighted by molar-refractivity contribution is 5.98. The van der Waals surface area contributed by atoms with E-state index in [-0.39, 0.29) is 52.2 Å². The molecule has 0 radical (unpaired) electrons. The molecule has 0 saturated carbocycles. The Bertz CT molecular complexity index is 1560. The standard InChI is InChI=1S/C41H54N2O6/c1-38(2)24-32(25-39(3,4)42(38)46-9)48-36(44)30-19-17-29(18-20-30)34-22-21-31(28-15-13-11-12-14-16-28)23-35(34)37(45)49-33-26-40(5,6)43(47-10)41(7,8)27-33/h11-23,28,32-33H,24-27H2,1-10H3. The summed E-state index contributed by atoms with van der Waals surface area (Å²) in [6.45, 7) is 16.9. The number of benzene rings is 2. The van der Waals surface area contributed by atoms with Gasteiger partial charge in [0, 0.05) is 53.8 Å². The van der Waals surface area contributed by atoms with Crippen molar-refractivity contribution in [3.8, 4) is 11.1 Å². The minimum absolute atomic E-state index is 0.0151. The zero-order valence-electron chi connectivity index (χ0n) is 30.9. The van der Waals surface area contributed by atoms with Gasteiger partial charge in [-0.1, -0.05) is 60.7 Å². The summed E-state index contributed by atoms with van der Waals surface area (Å²) in [5.41, 5.74) is 2.26. The fourth-order valence-electron chi connectivity index (χ4n) is 8.69. The summed E-state index contributed by atoms with van der Waals surface area (Å²) in [5, 5.41) is 4.00. The Morgan fingerprint density at radius 3 is 1.51 bits per heavy atom. The number of nitrogens with zero attached hydrogens (tertiary/aromatic N) is 2. The fourth-order valence-corrected chi connectivity index (χ4v) is 8.69. The normalized spacial score (nSPS) is 22.5. The Kier molecular flexibility index (Phi) is 10.5. The van der Waals surface area contributed by atoms with Crippen LogP contribution in [0, 0.1) is 0 Å². The third-order valence-electron chi connectivity index (χ3n) is 10.1. The predicted octanol–water partition coefficient (Wildman–Crippen LogP) is 8.60. The molecule has 2 aliphatic heterocycles. The summed E-state index contributed by atoms with van der Waals surface area (Å²) >= 11 is 0. The second-order valence-corrected chi connectivity index (χ2v) is 16.1. The Balaban J connectivity index is 1.40. The summed E-state index contributed by atoms with van der Waals surface area (Å²) in [7, 11) is 3.38. The van der Waals surface area contributed by atoms with E-state index in [9.17, 15) is 9.59 Å². The maximum absolute atomic E-state index is 14.1. The van der Waals surface area contributed by atoms with E-state index in [1.165, 1.54) is 0 Å². The first-order valence-electron chi connectivity index (χ1n) is 17.3. The summed E-state index contributed by atoms with van der Waals surface area (Å²) in [5.74, 6) is -0.714. The lowest BCUT2D eigenvalue weighted by molar-refractivity contribution is -0.276. The monoisotopic (exact) mass is 670 g/mol. The Morgan fingerprint density at radius 1 is 0.612 bits per heavy atom. The maximum Gasteiger partial charge on any atom is 0.339 e. The van der Waals surface area contributed by atoms with Crippen LogP contribution in [0.25, 0.3) is 11.1 Å². The van der Waals surface area contributed by atoms with E-state index < -0.39 is 0 Å². The van der Waals surface area contributed by atoms with E-state index in [0.717, 1.165) is 16.7 Å². The molecule has 2 fully saturated rings. The highest BCUT2D eigenvalue weighted by Crippen LogP contribution is 2.41. The quantitative estimate of drug-likeness (QED) is 0.259. The molecule has 264 valence electrons. The molecular formula is C41H54N2O6. The van der Waals surface area contributed by atoms with E-state index in [0.29, 0.717) is 36.8 Å². The number of hydrogen-bond acceptors (Lipinski definition) is 8. The molecule has 2 saturated heterocycles. The number of carbonyl (C=O) groups is 2. The van der Waals surface area contributed by atoms with E-state index in [1.807, 2.05) is 58.7 Å². The molecule has 0 unspecified atom stereocenters. The number of ether oxygens (including phenoxy) is 2. The van der Waals surface area contributed by atoms with Crippen LogP contribution in [-0.4, -0.2) is 70.6 Å². The van der Waals surface area contributed by atoms with Crippen LogP contribution in [0.15, 0.2) is 78.9 Å². The summed E-state index contributed by atoms with van der Waals surface area (Å²) < 4.78 is 12.4. The molecule has 1 aliphatic carbocycles. The van der Waals surface area contributed by atoms with Gasteiger partial charge in [0.15, 0.2) is 0 Å². The van der Waals surface area contributed by atoms with E-state index in [2.05, 4.69) is 73.6 Å². The van der Waals surface area contributed by atoms with Crippen molar-refractivity contribution >= 4 is 11.9 Å². The van der Waals surface area contributed by atoms with E-state index in [1.54, 1.807) is 26.4 Å². The number of piperidine rings is 2. The molecule has 2 heterocycles. The van der Waals surface area contributed by atoms with Gasteiger partial charge >= 0.3 is 11.9 Å². The predicted molar refractivity (Wildman–Crippen MR) is 193 cm³/mol. The molecular weight excluding hydrogens is 616 g/mol. The second-order valence-electron chi connectivity index (χ2n) is 16.1. The summed E-state index contributed by atoms with van der Waals surface area (Å²) in [6, 6.07) is 13.3. The number of rotatable bonds is 8. The van der Waals surface area contributed by atoms with Crippen LogP contribution in [0.5, 0.6) is 0 Å². The van der Waals surface area contributed by atoms with Crippen LogP contribution in [0.3, 0.4) is 0 Å². The topological polar surface area (TPSA) is 77.5 Å². The molecule has 0 N–H and O–H groups in total. The van der Waals surface area contributed by atoms with Crippen molar-refractivity contribution in [2.75, 3.05) is 14.2 Å². The minimum atomic E-state index is -0.366. The van der Waals surface area contributed by atoms with Gasteiger partial charge in [0.1, 0.15) is 12.2 Å². The Hall–Kier alpha value is -3.56. The first kappa shape index (κ1) is 36.7. The van der Waals surface area contributed by atoms with Gasteiger partial charge in [-0.05, 0) is 90.3 Å². The molecule has 49 heavy (non-hydrogen) atoms. The van der Waals surface area contributed by atoms with Crippen LogP contribution in [0.1, 0.15) is 113 Å². The number of esters is 2. The van der Waals surface area contributed by atoms with Gasteiger partial charge in [-0.2, -0.15) is 10.1 Å². The maximum atomic E-state index is 14.1. The van der Waals surface area contributed by atoms with Gasteiger partial charge < -0.3 is 19.1 Å². The molecule has 0 atom stereocenters. The molecule has 3 aliphatic rings. The van der Waals surface area contributed by atoms with Crippen molar-refractivity contribution in [2.45, 2.75) is 121 Å². The molecule has 0 bridgehead atoms. The van der Waals surface area contributed by atoms with Crippen LogP contribution >= 0.6 is 0 Å². The molecule has 0 amide bonds. The molecule has 0 spiro atoms. The molecule has 8 heteroatoms. The van der Waals surface area contributed by atoms with Crippen LogP contribution in [-0.2, 0) is 19.1 Å². The Labute approximate surface area is 292 Å². The number of hydroxylamine groups is 4. The number of carbonyl (C=O) groups excluding carboxylic acids is 2. The van der Waals surface area contributed by atoms with Gasteiger partial charge in [-0.3, -0.25) is 0 Å². The molecule has 8 nitrogen and oxygen atoms in total. The van der Waals surface area contributed by atoms with Crippen molar-refractivity contribution < 1.29 is 28.7 Å². The lowest BCUT2D eigenvalue weighted by Gasteiger charge is -2.52. The fraction of sp³-hybridized carbons (Fsp3) is 0.512. The average molecular weight is 671 g/mol. The lowest BCUT2D eigenvalue weighted by atomic mass is 9.80. The lowest BCUT2D eigenvalue weighted by Crippen LogP contribution is -2.61. The second kappa shape index (κ2) is 14.0.